The third-order valence-electron chi connectivity index (χ3n) is 6.66. The molecule has 0 saturated carbocycles. The van der Waals surface area contributed by atoms with E-state index in [9.17, 15) is 14.7 Å². The van der Waals surface area contributed by atoms with E-state index in [4.69, 9.17) is 9.47 Å². The van der Waals surface area contributed by atoms with Crippen LogP contribution in [0.25, 0.3) is 5.76 Å². The van der Waals surface area contributed by atoms with E-state index in [2.05, 4.69) is 0 Å². The van der Waals surface area contributed by atoms with Gasteiger partial charge < -0.3 is 24.4 Å². The molecule has 1 N–H and O–H groups in total. The molecule has 1 heterocycles. The lowest BCUT2D eigenvalue weighted by atomic mass is 9.94. The molecule has 0 bridgehead atoms. The zero-order valence-corrected chi connectivity index (χ0v) is 23.0. The first-order valence-electron chi connectivity index (χ1n) is 13.2. The van der Waals surface area contributed by atoms with Gasteiger partial charge in [-0.1, -0.05) is 49.4 Å². The monoisotopic (exact) mass is 528 g/mol. The number of amides is 1. The van der Waals surface area contributed by atoms with Gasteiger partial charge in [0.1, 0.15) is 23.9 Å². The smallest absolute Gasteiger partial charge is 0.295 e. The fourth-order valence-electron chi connectivity index (χ4n) is 4.61. The molecule has 3 aromatic rings. The van der Waals surface area contributed by atoms with Crippen LogP contribution in [0.5, 0.6) is 11.5 Å². The van der Waals surface area contributed by atoms with Crippen LogP contribution in [0.4, 0.5) is 0 Å². The molecule has 1 amide bonds. The maximum atomic E-state index is 13.3. The molecule has 4 rings (SSSR count). The Balaban J connectivity index is 1.70. The SMILES string of the molecule is CCCOc1cccc(C2/C(=C(\O)c3ccc(OCc4ccccc4)c(C)c3)C(=O)C(=O)N2CCN(C)C)c1. The number of rotatable bonds is 11. The van der Waals surface area contributed by atoms with Crippen LogP contribution in [0.1, 0.15) is 41.6 Å². The fraction of sp³-hybridized carbons (Fsp3) is 0.312. The van der Waals surface area contributed by atoms with Gasteiger partial charge >= 0.3 is 0 Å². The average Bonchev–Trinajstić information content (AvgIpc) is 3.19. The number of carbonyl (C=O) groups excluding carboxylic acids is 2. The number of likely N-dealkylation sites (tertiary alicyclic amines) is 1. The first kappa shape index (κ1) is 27.9. The largest absolute Gasteiger partial charge is 0.507 e. The molecule has 1 saturated heterocycles. The van der Waals surface area contributed by atoms with Crippen molar-refractivity contribution in [3.8, 4) is 11.5 Å². The van der Waals surface area contributed by atoms with Crippen molar-refractivity contribution < 1.29 is 24.2 Å². The van der Waals surface area contributed by atoms with Crippen molar-refractivity contribution in [3.63, 3.8) is 0 Å². The number of ether oxygens (including phenoxy) is 2. The highest BCUT2D eigenvalue weighted by molar-refractivity contribution is 6.46. The maximum Gasteiger partial charge on any atom is 0.295 e. The molecule has 1 aliphatic heterocycles. The van der Waals surface area contributed by atoms with E-state index in [0.29, 0.717) is 48.9 Å². The number of hydrogen-bond donors (Lipinski definition) is 1. The maximum absolute atomic E-state index is 13.3. The Bertz CT molecular complexity index is 1350. The Morgan fingerprint density at radius 1 is 0.974 bits per heavy atom. The van der Waals surface area contributed by atoms with Crippen LogP contribution in [-0.4, -0.2) is 60.4 Å². The minimum Gasteiger partial charge on any atom is -0.507 e. The van der Waals surface area contributed by atoms with Crippen LogP contribution < -0.4 is 9.47 Å². The molecule has 0 spiro atoms. The molecule has 1 aliphatic rings. The zero-order valence-electron chi connectivity index (χ0n) is 23.0. The van der Waals surface area contributed by atoms with Crippen molar-refractivity contribution in [2.24, 2.45) is 0 Å². The van der Waals surface area contributed by atoms with Crippen molar-refractivity contribution in [1.82, 2.24) is 9.80 Å². The minimum atomic E-state index is -0.732. The number of Topliss-reactive ketones (excluding diaryl/α,β-unsaturated/α-hetero) is 1. The molecule has 0 aromatic heterocycles. The highest BCUT2D eigenvalue weighted by Crippen LogP contribution is 2.40. The minimum absolute atomic E-state index is 0.0729. The number of hydrogen-bond acceptors (Lipinski definition) is 6. The standard InChI is InChI=1S/C32H36N2O5/c1-5-18-38-26-13-9-12-24(20-26)29-28(31(36)32(37)34(29)17-16-33(3)4)30(35)25-14-15-27(22(2)19-25)39-21-23-10-7-6-8-11-23/h6-15,19-20,29,35H,5,16-18,21H2,1-4H3/b30-28+. The summed E-state index contributed by atoms with van der Waals surface area (Å²) in [4.78, 5) is 30.0. The second-order valence-corrected chi connectivity index (χ2v) is 9.97. The Hall–Kier alpha value is -4.10. The third kappa shape index (κ3) is 6.49. The number of aliphatic hydroxyl groups excluding tert-OH is 1. The van der Waals surface area contributed by atoms with Crippen LogP contribution in [0.3, 0.4) is 0 Å². The Kier molecular flexibility index (Phi) is 9.04. The predicted octanol–water partition coefficient (Wildman–Crippen LogP) is 5.35. The number of aryl methyl sites for hydroxylation is 1. The normalized spacial score (nSPS) is 16.6. The van der Waals surface area contributed by atoms with Gasteiger partial charge in [-0.15, -0.1) is 0 Å². The van der Waals surface area contributed by atoms with E-state index in [-0.39, 0.29) is 11.3 Å². The van der Waals surface area contributed by atoms with Gasteiger partial charge in [-0.2, -0.15) is 0 Å². The number of ketones is 1. The molecule has 1 unspecified atom stereocenters. The molecule has 0 aliphatic carbocycles. The summed E-state index contributed by atoms with van der Waals surface area (Å²) in [5.41, 5.74) is 3.09. The quantitative estimate of drug-likeness (QED) is 0.205. The highest BCUT2D eigenvalue weighted by atomic mass is 16.5. The Morgan fingerprint density at radius 2 is 1.74 bits per heavy atom. The summed E-state index contributed by atoms with van der Waals surface area (Å²) in [5.74, 6) is -0.188. The van der Waals surface area contributed by atoms with Gasteiger partial charge in [0.15, 0.2) is 0 Å². The van der Waals surface area contributed by atoms with Crippen LogP contribution in [0.15, 0.2) is 78.4 Å². The summed E-state index contributed by atoms with van der Waals surface area (Å²) in [6.07, 6.45) is 0.857. The molecule has 0 radical (unpaired) electrons. The molecular weight excluding hydrogens is 492 g/mol. The van der Waals surface area contributed by atoms with E-state index >= 15 is 0 Å². The van der Waals surface area contributed by atoms with E-state index in [0.717, 1.165) is 17.5 Å². The lowest BCUT2D eigenvalue weighted by molar-refractivity contribution is -0.140. The number of benzene rings is 3. The van der Waals surface area contributed by atoms with Gasteiger partial charge in [-0.05, 0) is 74.5 Å². The molecule has 1 fully saturated rings. The molecule has 1 atom stereocenters. The lowest BCUT2D eigenvalue weighted by Gasteiger charge is -2.27. The van der Waals surface area contributed by atoms with Gasteiger partial charge in [0.2, 0.25) is 0 Å². The second kappa shape index (κ2) is 12.6. The van der Waals surface area contributed by atoms with Gasteiger partial charge in [0.25, 0.3) is 11.7 Å². The summed E-state index contributed by atoms with van der Waals surface area (Å²) >= 11 is 0. The summed E-state index contributed by atoms with van der Waals surface area (Å²) in [5, 5.41) is 11.5. The number of likely N-dealkylation sites (N-methyl/N-ethyl adjacent to an activating group) is 1. The average molecular weight is 529 g/mol. The number of carbonyl (C=O) groups is 2. The zero-order chi connectivity index (χ0) is 27.9. The molecule has 204 valence electrons. The Morgan fingerprint density at radius 3 is 2.44 bits per heavy atom. The summed E-state index contributed by atoms with van der Waals surface area (Å²) in [6, 6.07) is 21.8. The van der Waals surface area contributed by atoms with E-state index in [1.54, 1.807) is 18.2 Å². The lowest BCUT2D eigenvalue weighted by Crippen LogP contribution is -2.35. The van der Waals surface area contributed by atoms with Gasteiger partial charge in [0.05, 0.1) is 18.2 Å². The number of nitrogens with zero attached hydrogens (tertiary/aromatic N) is 2. The number of aliphatic hydroxyl groups is 1. The third-order valence-corrected chi connectivity index (χ3v) is 6.66. The summed E-state index contributed by atoms with van der Waals surface area (Å²) < 4.78 is 11.8. The Labute approximate surface area is 230 Å². The van der Waals surface area contributed by atoms with Crippen LogP contribution in [-0.2, 0) is 16.2 Å². The summed E-state index contributed by atoms with van der Waals surface area (Å²) in [6.45, 7) is 5.80. The topological polar surface area (TPSA) is 79.3 Å². The molecule has 39 heavy (non-hydrogen) atoms. The van der Waals surface area contributed by atoms with Crippen molar-refractivity contribution in [1.29, 1.82) is 0 Å². The van der Waals surface area contributed by atoms with E-state index in [1.807, 2.05) is 87.4 Å². The van der Waals surface area contributed by atoms with Crippen molar-refractivity contribution in [2.75, 3.05) is 33.8 Å². The fourth-order valence-corrected chi connectivity index (χ4v) is 4.61. The van der Waals surface area contributed by atoms with Crippen LogP contribution in [0, 0.1) is 6.92 Å². The first-order valence-corrected chi connectivity index (χ1v) is 13.2. The van der Waals surface area contributed by atoms with E-state index in [1.165, 1.54) is 4.90 Å². The second-order valence-electron chi connectivity index (χ2n) is 9.97. The molecular formula is C32H36N2O5. The molecule has 7 nitrogen and oxygen atoms in total. The van der Waals surface area contributed by atoms with Gasteiger partial charge in [-0.25, -0.2) is 0 Å². The summed E-state index contributed by atoms with van der Waals surface area (Å²) in [7, 11) is 3.82. The van der Waals surface area contributed by atoms with Crippen molar-refractivity contribution in [3.05, 3.63) is 101 Å². The molecule has 3 aromatic carbocycles. The predicted molar refractivity (Wildman–Crippen MR) is 152 cm³/mol. The van der Waals surface area contributed by atoms with Crippen LogP contribution in [0.2, 0.25) is 0 Å². The first-order chi connectivity index (χ1) is 18.8. The van der Waals surface area contributed by atoms with Crippen LogP contribution >= 0.6 is 0 Å². The molecule has 7 heteroatoms. The van der Waals surface area contributed by atoms with Gasteiger partial charge in [0, 0.05) is 18.7 Å². The van der Waals surface area contributed by atoms with Gasteiger partial charge in [-0.3, -0.25) is 9.59 Å². The van der Waals surface area contributed by atoms with E-state index < -0.39 is 17.7 Å². The van der Waals surface area contributed by atoms with Crippen molar-refractivity contribution >= 4 is 17.4 Å². The highest BCUT2D eigenvalue weighted by Gasteiger charge is 2.46. The van der Waals surface area contributed by atoms with Crippen molar-refractivity contribution in [2.45, 2.75) is 32.9 Å².